The van der Waals surface area contributed by atoms with Gasteiger partial charge in [-0.2, -0.15) is 0 Å². The van der Waals surface area contributed by atoms with Crippen LogP contribution in [0.25, 0.3) is 0 Å². The van der Waals surface area contributed by atoms with E-state index in [0.717, 1.165) is 23.1 Å². The number of carbonyl (C=O) groups is 4. The fourth-order valence-corrected chi connectivity index (χ4v) is 4.75. The molecule has 4 aromatic rings. The Balaban J connectivity index is 1.24. The number of nitrogens with zero attached hydrogens (tertiary/aromatic N) is 4. The molecule has 1 atom stereocenters. The van der Waals surface area contributed by atoms with Gasteiger partial charge in [-0.1, -0.05) is 0 Å². The summed E-state index contributed by atoms with van der Waals surface area (Å²) in [7, 11) is 0. The number of pyridine rings is 2. The third-order valence-electron chi connectivity index (χ3n) is 7.22. The molecule has 2 aromatic carbocycles. The van der Waals surface area contributed by atoms with E-state index in [1.54, 1.807) is 13.8 Å². The van der Waals surface area contributed by atoms with Gasteiger partial charge in [-0.25, -0.2) is 37.2 Å². The van der Waals surface area contributed by atoms with E-state index >= 15 is 4.39 Å². The second kappa shape index (κ2) is 14.8. The molecule has 2 aromatic heterocycles. The Labute approximate surface area is 277 Å². The summed E-state index contributed by atoms with van der Waals surface area (Å²) in [4.78, 5) is 62.0. The van der Waals surface area contributed by atoms with Gasteiger partial charge in [0.1, 0.15) is 29.1 Å². The third kappa shape index (κ3) is 8.27. The van der Waals surface area contributed by atoms with Crippen molar-refractivity contribution in [3.8, 4) is 11.5 Å². The van der Waals surface area contributed by atoms with Crippen LogP contribution in [0.3, 0.4) is 0 Å². The molecule has 1 aliphatic rings. The number of hydrogen-bond donors (Lipinski definition) is 3. The molecular formula is C33H29F4N7O5. The van der Waals surface area contributed by atoms with Gasteiger partial charge in [0.15, 0.2) is 11.6 Å². The van der Waals surface area contributed by atoms with Crippen molar-refractivity contribution in [2.75, 3.05) is 28.6 Å². The molecule has 3 N–H and O–H groups in total. The quantitative estimate of drug-likeness (QED) is 0.135. The van der Waals surface area contributed by atoms with Crippen molar-refractivity contribution in [3.05, 3.63) is 96.3 Å². The summed E-state index contributed by atoms with van der Waals surface area (Å²) >= 11 is 0. The Morgan fingerprint density at radius 3 is 2.37 bits per heavy atom. The van der Waals surface area contributed by atoms with Crippen molar-refractivity contribution in [1.82, 2.24) is 20.2 Å². The maximum absolute atomic E-state index is 15.1. The molecule has 0 bridgehead atoms. The standard InChI is InChI=1S/C33H29F4N7O5/c1-18(2)43-17-24(32(47)44(33(43)48)22-7-4-20(34)5-8-22)31(46)41-21-6-9-26(25(35)13-21)49-23-11-12-38-29(14-23)42-28-10-3-19(15-39-28)30(45)40-16-27(36)37/h3-15,18,24,27H,16-17H2,1-2H3,(H,40,45)(H,41,46)(H,38,39,42). The van der Waals surface area contributed by atoms with E-state index in [-0.39, 0.29) is 52.7 Å². The summed E-state index contributed by atoms with van der Waals surface area (Å²) in [6.45, 7) is 2.45. The molecule has 254 valence electrons. The zero-order chi connectivity index (χ0) is 35.2. The first kappa shape index (κ1) is 34.3. The number of ether oxygens (including phenoxy) is 1. The SMILES string of the molecule is CC(C)N1CC(C(=O)Nc2ccc(Oc3ccnc(Nc4ccc(C(=O)NCC(F)F)cn4)c3)c(F)c2)C(=O)N(c2ccc(F)cc2)C1=O. The number of nitrogens with one attached hydrogen (secondary N) is 3. The smallest absolute Gasteiger partial charge is 0.331 e. The molecule has 0 aliphatic carbocycles. The average Bonchev–Trinajstić information content (AvgIpc) is 3.06. The predicted octanol–water partition coefficient (Wildman–Crippen LogP) is 5.72. The van der Waals surface area contributed by atoms with Crippen LogP contribution in [0.4, 0.5) is 45.4 Å². The second-order valence-electron chi connectivity index (χ2n) is 11.0. The van der Waals surface area contributed by atoms with Crippen LogP contribution in [0.5, 0.6) is 11.5 Å². The lowest BCUT2D eigenvalue weighted by molar-refractivity contribution is -0.132. The number of rotatable bonds is 11. The van der Waals surface area contributed by atoms with E-state index in [1.165, 1.54) is 65.8 Å². The van der Waals surface area contributed by atoms with Gasteiger partial charge in [0, 0.05) is 42.8 Å². The molecule has 1 saturated heterocycles. The number of urea groups is 1. The fraction of sp³-hybridized carbons (Fsp3) is 0.212. The maximum atomic E-state index is 15.1. The van der Waals surface area contributed by atoms with E-state index in [0.29, 0.717) is 0 Å². The van der Waals surface area contributed by atoms with Crippen molar-refractivity contribution in [2.24, 2.45) is 5.92 Å². The number of carbonyl (C=O) groups excluding carboxylic acids is 4. The predicted molar refractivity (Wildman–Crippen MR) is 170 cm³/mol. The molecule has 5 rings (SSSR count). The molecule has 1 unspecified atom stereocenters. The average molecular weight is 680 g/mol. The van der Waals surface area contributed by atoms with E-state index in [4.69, 9.17) is 4.74 Å². The fourth-order valence-electron chi connectivity index (χ4n) is 4.75. The molecule has 0 spiro atoms. The third-order valence-corrected chi connectivity index (χ3v) is 7.22. The van der Waals surface area contributed by atoms with Gasteiger partial charge < -0.3 is 25.6 Å². The molecule has 5 amide bonds. The largest absolute Gasteiger partial charge is 0.454 e. The molecule has 1 aliphatic heterocycles. The monoisotopic (exact) mass is 679 g/mol. The zero-order valence-corrected chi connectivity index (χ0v) is 26.0. The number of halogens is 4. The van der Waals surface area contributed by atoms with Gasteiger partial charge in [0.25, 0.3) is 12.3 Å². The zero-order valence-electron chi connectivity index (χ0n) is 26.0. The van der Waals surface area contributed by atoms with Crippen LogP contribution in [0, 0.1) is 17.6 Å². The van der Waals surface area contributed by atoms with Crippen molar-refractivity contribution in [2.45, 2.75) is 26.3 Å². The molecule has 0 radical (unpaired) electrons. The Hall–Kier alpha value is -6.06. The van der Waals surface area contributed by atoms with E-state index in [1.807, 2.05) is 0 Å². The summed E-state index contributed by atoms with van der Waals surface area (Å²) in [5.41, 5.74) is 0.208. The van der Waals surface area contributed by atoms with Crippen molar-refractivity contribution >= 4 is 46.8 Å². The molecule has 16 heteroatoms. The summed E-state index contributed by atoms with van der Waals surface area (Å²) in [6, 6.07) is 13.1. The first-order valence-corrected chi connectivity index (χ1v) is 14.8. The van der Waals surface area contributed by atoms with Crippen molar-refractivity contribution in [3.63, 3.8) is 0 Å². The highest BCUT2D eigenvalue weighted by Gasteiger charge is 2.44. The lowest BCUT2D eigenvalue weighted by atomic mass is 10.0. The van der Waals surface area contributed by atoms with Crippen molar-refractivity contribution in [1.29, 1.82) is 0 Å². The first-order chi connectivity index (χ1) is 23.4. The minimum Gasteiger partial charge on any atom is -0.454 e. The summed E-state index contributed by atoms with van der Waals surface area (Å²) in [5.74, 6) is -4.50. The highest BCUT2D eigenvalue weighted by Crippen LogP contribution is 2.30. The van der Waals surface area contributed by atoms with Gasteiger partial charge in [-0.3, -0.25) is 14.4 Å². The highest BCUT2D eigenvalue weighted by atomic mass is 19.3. The van der Waals surface area contributed by atoms with Gasteiger partial charge in [0.2, 0.25) is 11.8 Å². The number of aromatic nitrogens is 2. The molecule has 1 fully saturated rings. The summed E-state index contributed by atoms with van der Waals surface area (Å²) in [6.07, 6.45) is -0.0970. The molecule has 0 saturated carbocycles. The minimum absolute atomic E-state index is 0.0264. The van der Waals surface area contributed by atoms with Gasteiger partial charge in [-0.05, 0) is 68.4 Å². The van der Waals surface area contributed by atoms with Crippen LogP contribution in [0.1, 0.15) is 24.2 Å². The van der Waals surface area contributed by atoms with Crippen LogP contribution in [-0.2, 0) is 9.59 Å². The molecule has 49 heavy (non-hydrogen) atoms. The number of hydrogen-bond acceptors (Lipinski definition) is 8. The number of anilines is 4. The normalized spacial score (nSPS) is 14.7. The van der Waals surface area contributed by atoms with E-state index < -0.39 is 54.3 Å². The number of amides is 5. The van der Waals surface area contributed by atoms with Crippen LogP contribution >= 0.6 is 0 Å². The van der Waals surface area contributed by atoms with Crippen LogP contribution in [-0.4, -0.2) is 64.2 Å². The Bertz CT molecular complexity index is 1860. The number of imide groups is 1. The summed E-state index contributed by atoms with van der Waals surface area (Å²) < 4.78 is 59.0. The molecule has 3 heterocycles. The van der Waals surface area contributed by atoms with Gasteiger partial charge in [0.05, 0.1) is 17.8 Å². The molecular weight excluding hydrogens is 650 g/mol. The molecule has 12 nitrogen and oxygen atoms in total. The Kier molecular flexibility index (Phi) is 10.3. The first-order valence-electron chi connectivity index (χ1n) is 14.8. The van der Waals surface area contributed by atoms with E-state index in [9.17, 15) is 32.3 Å². The second-order valence-corrected chi connectivity index (χ2v) is 11.0. The van der Waals surface area contributed by atoms with Gasteiger partial charge >= 0.3 is 6.03 Å². The number of benzene rings is 2. The van der Waals surface area contributed by atoms with E-state index in [2.05, 4.69) is 25.9 Å². The van der Waals surface area contributed by atoms with Crippen LogP contribution < -0.4 is 25.6 Å². The highest BCUT2D eigenvalue weighted by molar-refractivity contribution is 6.23. The summed E-state index contributed by atoms with van der Waals surface area (Å²) in [5, 5.41) is 7.49. The Morgan fingerprint density at radius 1 is 0.959 bits per heavy atom. The maximum Gasteiger partial charge on any atom is 0.331 e. The lowest BCUT2D eigenvalue weighted by Crippen LogP contribution is -2.61. The Morgan fingerprint density at radius 2 is 1.71 bits per heavy atom. The van der Waals surface area contributed by atoms with Crippen LogP contribution in [0.2, 0.25) is 0 Å². The lowest BCUT2D eigenvalue weighted by Gasteiger charge is -2.39. The topological polar surface area (TPSA) is 146 Å². The minimum atomic E-state index is -2.68. The number of alkyl halides is 2. The van der Waals surface area contributed by atoms with Gasteiger partial charge in [-0.15, -0.1) is 0 Å². The van der Waals surface area contributed by atoms with Crippen LogP contribution in [0.15, 0.2) is 79.1 Å². The van der Waals surface area contributed by atoms with Crippen molar-refractivity contribution < 1.29 is 41.5 Å².